The molecule has 0 spiro atoms. The molecule has 154 valence electrons. The summed E-state index contributed by atoms with van der Waals surface area (Å²) >= 11 is 0. The number of aromatic amines is 1. The number of benzene rings is 1. The minimum atomic E-state index is -4.55. The number of alkyl halides is 3. The highest BCUT2D eigenvalue weighted by Crippen LogP contribution is 2.29. The van der Waals surface area contributed by atoms with Crippen molar-refractivity contribution >= 4 is 5.91 Å². The van der Waals surface area contributed by atoms with Gasteiger partial charge in [-0.1, -0.05) is 5.16 Å². The third-order valence-electron chi connectivity index (χ3n) is 3.60. The molecule has 29 heavy (non-hydrogen) atoms. The Kier molecular flexibility index (Phi) is 6.12. The number of carbonyl (C=O) groups is 1. The topological polar surface area (TPSA) is 115 Å². The molecule has 0 aliphatic carbocycles. The number of methoxy groups -OCH3 is 1. The average Bonchev–Trinajstić information content (AvgIpc) is 3.37. The van der Waals surface area contributed by atoms with Crippen molar-refractivity contribution in [3.05, 3.63) is 36.6 Å². The van der Waals surface area contributed by atoms with Crippen LogP contribution in [0.25, 0.3) is 22.6 Å². The first-order chi connectivity index (χ1) is 13.9. The molecule has 0 unspecified atom stereocenters. The van der Waals surface area contributed by atoms with Crippen LogP contribution in [0.3, 0.4) is 0 Å². The predicted molar refractivity (Wildman–Crippen MR) is 93.1 cm³/mol. The zero-order valence-corrected chi connectivity index (χ0v) is 15.1. The molecule has 2 heterocycles. The standard InChI is InChI=1S/C17H16F3N5O4/c1-27-2-3-28-12-5-10(13-7-21-9-23-13)4-11(6-12)14-24-16(29-25-14)15(26)22-8-17(18,19)20/h4-7,9H,2-3,8H2,1H3,(H,21,23)(H,22,26). The molecular weight excluding hydrogens is 395 g/mol. The molecule has 3 rings (SSSR count). The average molecular weight is 411 g/mol. The summed E-state index contributed by atoms with van der Waals surface area (Å²) in [4.78, 5) is 22.6. The van der Waals surface area contributed by atoms with Gasteiger partial charge in [-0.3, -0.25) is 4.79 Å². The van der Waals surface area contributed by atoms with Gasteiger partial charge >= 0.3 is 18.0 Å². The highest BCUT2D eigenvalue weighted by Gasteiger charge is 2.29. The van der Waals surface area contributed by atoms with E-state index in [0.29, 0.717) is 35.8 Å². The lowest BCUT2D eigenvalue weighted by atomic mass is 10.1. The van der Waals surface area contributed by atoms with Crippen LogP contribution in [0.1, 0.15) is 10.7 Å². The quantitative estimate of drug-likeness (QED) is 0.547. The van der Waals surface area contributed by atoms with Crippen molar-refractivity contribution in [1.29, 1.82) is 0 Å². The molecule has 9 nitrogen and oxygen atoms in total. The number of amides is 1. The van der Waals surface area contributed by atoms with Crippen molar-refractivity contribution in [3.8, 4) is 28.4 Å². The van der Waals surface area contributed by atoms with E-state index in [1.165, 1.54) is 6.33 Å². The molecule has 12 heteroatoms. The Morgan fingerprint density at radius 1 is 1.24 bits per heavy atom. The highest BCUT2D eigenvalue weighted by molar-refractivity contribution is 5.90. The number of nitrogens with zero attached hydrogens (tertiary/aromatic N) is 3. The van der Waals surface area contributed by atoms with Crippen LogP contribution in [0.4, 0.5) is 13.2 Å². The zero-order chi connectivity index (χ0) is 20.9. The normalized spacial score (nSPS) is 11.4. The van der Waals surface area contributed by atoms with Crippen molar-refractivity contribution in [2.75, 3.05) is 26.9 Å². The Balaban J connectivity index is 1.85. The summed E-state index contributed by atoms with van der Waals surface area (Å²) in [5.74, 6) is -1.22. The van der Waals surface area contributed by atoms with Gasteiger partial charge in [-0.15, -0.1) is 0 Å². The van der Waals surface area contributed by atoms with Crippen LogP contribution in [-0.2, 0) is 4.74 Å². The molecule has 3 aromatic rings. The van der Waals surface area contributed by atoms with Crippen LogP contribution in [0.15, 0.2) is 35.2 Å². The SMILES string of the molecule is COCCOc1cc(-c2noc(C(=O)NCC(F)(F)F)n2)cc(-c2cnc[nH]2)c1. The maximum atomic E-state index is 12.2. The number of nitrogens with one attached hydrogen (secondary N) is 2. The number of hydrogen-bond acceptors (Lipinski definition) is 7. The third-order valence-corrected chi connectivity index (χ3v) is 3.60. The van der Waals surface area contributed by atoms with Gasteiger partial charge in [0.2, 0.25) is 5.82 Å². The smallest absolute Gasteiger partial charge is 0.405 e. The summed E-state index contributed by atoms with van der Waals surface area (Å²) in [5.41, 5.74) is 1.82. The van der Waals surface area contributed by atoms with E-state index in [0.717, 1.165) is 0 Å². The summed E-state index contributed by atoms with van der Waals surface area (Å²) in [7, 11) is 1.54. The summed E-state index contributed by atoms with van der Waals surface area (Å²) in [6.07, 6.45) is -1.44. The monoisotopic (exact) mass is 411 g/mol. The first-order valence-electron chi connectivity index (χ1n) is 8.30. The van der Waals surface area contributed by atoms with Crippen LogP contribution in [0.2, 0.25) is 0 Å². The second-order valence-electron chi connectivity index (χ2n) is 5.77. The van der Waals surface area contributed by atoms with Crippen molar-refractivity contribution in [1.82, 2.24) is 25.4 Å². The van der Waals surface area contributed by atoms with E-state index in [1.54, 1.807) is 36.8 Å². The number of halogens is 3. The molecular formula is C17H16F3N5O4. The van der Waals surface area contributed by atoms with E-state index in [2.05, 4.69) is 20.1 Å². The molecule has 1 aromatic carbocycles. The molecule has 0 radical (unpaired) electrons. The van der Waals surface area contributed by atoms with E-state index < -0.39 is 24.5 Å². The molecule has 0 atom stereocenters. The number of rotatable bonds is 8. The van der Waals surface area contributed by atoms with Crippen molar-refractivity contribution in [2.24, 2.45) is 0 Å². The molecule has 2 aromatic heterocycles. The Morgan fingerprint density at radius 3 is 2.72 bits per heavy atom. The van der Waals surface area contributed by atoms with E-state index in [4.69, 9.17) is 14.0 Å². The number of aromatic nitrogens is 4. The minimum Gasteiger partial charge on any atom is -0.491 e. The summed E-state index contributed by atoms with van der Waals surface area (Å²) in [6.45, 7) is -0.842. The molecule has 0 fully saturated rings. The Bertz CT molecular complexity index is 956. The molecule has 0 aliphatic heterocycles. The third kappa shape index (κ3) is 5.54. The van der Waals surface area contributed by atoms with Gasteiger partial charge in [-0.05, 0) is 18.2 Å². The van der Waals surface area contributed by atoms with Gasteiger partial charge in [0.25, 0.3) is 0 Å². The maximum absolute atomic E-state index is 12.2. The summed E-state index contributed by atoms with van der Waals surface area (Å²) < 4.78 is 52.1. The fraction of sp³-hybridized carbons (Fsp3) is 0.294. The Labute approximate surface area is 162 Å². The number of carbonyl (C=O) groups excluding carboxylic acids is 1. The summed E-state index contributed by atoms with van der Waals surface area (Å²) in [6, 6.07) is 5.06. The Hall–Kier alpha value is -3.41. The lowest BCUT2D eigenvalue weighted by Gasteiger charge is -2.09. The van der Waals surface area contributed by atoms with E-state index in [9.17, 15) is 18.0 Å². The molecule has 0 saturated heterocycles. The predicted octanol–water partition coefficient (Wildman–Crippen LogP) is 2.44. The number of imidazole rings is 1. The van der Waals surface area contributed by atoms with Gasteiger partial charge in [-0.2, -0.15) is 18.2 Å². The van der Waals surface area contributed by atoms with Crippen LogP contribution in [0, 0.1) is 0 Å². The molecule has 0 saturated carbocycles. The number of hydrogen-bond donors (Lipinski definition) is 2. The van der Waals surface area contributed by atoms with E-state index >= 15 is 0 Å². The van der Waals surface area contributed by atoms with Crippen molar-refractivity contribution in [3.63, 3.8) is 0 Å². The van der Waals surface area contributed by atoms with Gasteiger partial charge in [0.1, 0.15) is 18.9 Å². The van der Waals surface area contributed by atoms with Crippen LogP contribution < -0.4 is 10.1 Å². The van der Waals surface area contributed by atoms with Gasteiger partial charge in [0, 0.05) is 18.2 Å². The van der Waals surface area contributed by atoms with Gasteiger partial charge in [0.05, 0.1) is 24.8 Å². The first-order valence-corrected chi connectivity index (χ1v) is 8.30. The fourth-order valence-electron chi connectivity index (χ4n) is 2.31. The summed E-state index contributed by atoms with van der Waals surface area (Å²) in [5, 5.41) is 5.35. The van der Waals surface area contributed by atoms with Crippen molar-refractivity contribution < 1.29 is 32.0 Å². The molecule has 0 aliphatic rings. The number of ether oxygens (including phenoxy) is 2. The zero-order valence-electron chi connectivity index (χ0n) is 15.1. The van der Waals surface area contributed by atoms with Gasteiger partial charge in [-0.25, -0.2) is 4.98 Å². The largest absolute Gasteiger partial charge is 0.491 e. The van der Waals surface area contributed by atoms with Crippen molar-refractivity contribution in [2.45, 2.75) is 6.18 Å². The van der Waals surface area contributed by atoms with Gasteiger partial charge < -0.3 is 24.3 Å². The fourth-order valence-corrected chi connectivity index (χ4v) is 2.31. The second-order valence-corrected chi connectivity index (χ2v) is 5.77. The lowest BCUT2D eigenvalue weighted by Crippen LogP contribution is -2.33. The first kappa shape index (κ1) is 20.3. The Morgan fingerprint density at radius 2 is 2.03 bits per heavy atom. The van der Waals surface area contributed by atoms with Gasteiger partial charge in [0.15, 0.2) is 0 Å². The maximum Gasteiger partial charge on any atom is 0.405 e. The molecule has 0 bridgehead atoms. The lowest BCUT2D eigenvalue weighted by molar-refractivity contribution is -0.123. The highest BCUT2D eigenvalue weighted by atomic mass is 19.4. The molecule has 1 amide bonds. The van der Waals surface area contributed by atoms with E-state index in [-0.39, 0.29) is 5.82 Å². The number of H-pyrrole nitrogens is 1. The van der Waals surface area contributed by atoms with Crippen LogP contribution in [0.5, 0.6) is 5.75 Å². The van der Waals surface area contributed by atoms with E-state index in [1.807, 2.05) is 0 Å². The minimum absolute atomic E-state index is 0.0140. The van der Waals surface area contributed by atoms with Crippen LogP contribution in [-0.4, -0.2) is 59.1 Å². The second kappa shape index (κ2) is 8.73. The molecule has 2 N–H and O–H groups in total. The van der Waals surface area contributed by atoms with Crippen LogP contribution >= 0.6 is 0 Å².